The van der Waals surface area contributed by atoms with Crippen molar-refractivity contribution in [2.24, 2.45) is 0 Å². The van der Waals surface area contributed by atoms with E-state index in [0.29, 0.717) is 25.1 Å². The maximum Gasteiger partial charge on any atom is 0.255 e. The number of fused-ring (bicyclic) bond motifs is 1. The fourth-order valence-corrected chi connectivity index (χ4v) is 3.18. The predicted molar refractivity (Wildman–Crippen MR) is 89.2 cm³/mol. The Bertz CT molecular complexity index is 686. The molecule has 0 heterocycles. The topological polar surface area (TPSA) is 86.7 Å². The molecule has 0 aromatic heterocycles. The first-order chi connectivity index (χ1) is 10.8. The number of rotatable bonds is 6. The lowest BCUT2D eigenvalue weighted by atomic mass is 9.90. The Hall–Kier alpha value is -1.60. The van der Waals surface area contributed by atoms with Crippen LogP contribution in [0.15, 0.2) is 12.1 Å². The van der Waals surface area contributed by atoms with Crippen LogP contribution in [0.5, 0.6) is 5.75 Å². The standard InChI is InChI=1S/C16H24N2O4S/c1-18(23(2,21)22)9-5-8-17-16(20)14-10-12-6-3-4-7-13(12)11-15(14)19/h10-11,19H,3-9H2,1-2H3,(H,17,20). The highest BCUT2D eigenvalue weighted by molar-refractivity contribution is 7.88. The Kier molecular flexibility index (Phi) is 5.64. The smallest absolute Gasteiger partial charge is 0.255 e. The fourth-order valence-electron chi connectivity index (χ4n) is 2.72. The number of aryl methyl sites for hydroxylation is 2. The number of nitrogens with one attached hydrogen (secondary N) is 1. The SMILES string of the molecule is CN(CCCNC(=O)c1cc2c(cc1O)CCCC2)S(C)(=O)=O. The van der Waals surface area contributed by atoms with Crippen molar-refractivity contribution in [3.05, 3.63) is 28.8 Å². The van der Waals surface area contributed by atoms with Crippen molar-refractivity contribution in [2.75, 3.05) is 26.4 Å². The monoisotopic (exact) mass is 340 g/mol. The number of hydrogen-bond acceptors (Lipinski definition) is 4. The van der Waals surface area contributed by atoms with Gasteiger partial charge in [-0.05, 0) is 55.4 Å². The first-order valence-electron chi connectivity index (χ1n) is 7.83. The van der Waals surface area contributed by atoms with E-state index in [4.69, 9.17) is 0 Å². The zero-order valence-corrected chi connectivity index (χ0v) is 14.4. The summed E-state index contributed by atoms with van der Waals surface area (Å²) in [5.74, 6) is -0.311. The average Bonchev–Trinajstić information content (AvgIpc) is 2.49. The third-order valence-corrected chi connectivity index (χ3v) is 5.52. The van der Waals surface area contributed by atoms with Crippen molar-refractivity contribution in [1.29, 1.82) is 0 Å². The predicted octanol–water partition coefficient (Wildman–Crippen LogP) is 1.28. The van der Waals surface area contributed by atoms with Crippen LogP contribution in [0.2, 0.25) is 0 Å². The van der Waals surface area contributed by atoms with Gasteiger partial charge in [0.1, 0.15) is 5.75 Å². The number of phenols is 1. The van der Waals surface area contributed by atoms with Crippen LogP contribution in [0, 0.1) is 0 Å². The molecular weight excluding hydrogens is 316 g/mol. The second-order valence-corrected chi connectivity index (χ2v) is 8.13. The first kappa shape index (κ1) is 17.7. The molecule has 0 unspecified atom stereocenters. The molecule has 23 heavy (non-hydrogen) atoms. The van der Waals surface area contributed by atoms with E-state index in [2.05, 4.69) is 5.32 Å². The highest BCUT2D eigenvalue weighted by atomic mass is 32.2. The van der Waals surface area contributed by atoms with Gasteiger partial charge in [-0.2, -0.15) is 0 Å². The summed E-state index contributed by atoms with van der Waals surface area (Å²) in [4.78, 5) is 12.2. The molecule has 6 nitrogen and oxygen atoms in total. The van der Waals surface area contributed by atoms with Crippen LogP contribution in [-0.2, 0) is 22.9 Å². The maximum atomic E-state index is 12.2. The second kappa shape index (κ2) is 7.31. The molecule has 128 valence electrons. The van der Waals surface area contributed by atoms with E-state index < -0.39 is 10.0 Å². The molecule has 1 aromatic carbocycles. The molecule has 0 bridgehead atoms. The molecule has 2 N–H and O–H groups in total. The summed E-state index contributed by atoms with van der Waals surface area (Å²) in [5.41, 5.74) is 2.55. The largest absolute Gasteiger partial charge is 0.507 e. The van der Waals surface area contributed by atoms with Crippen molar-refractivity contribution < 1.29 is 18.3 Å². The number of carbonyl (C=O) groups is 1. The zero-order chi connectivity index (χ0) is 17.0. The molecule has 2 rings (SSSR count). The second-order valence-electron chi connectivity index (χ2n) is 6.04. The van der Waals surface area contributed by atoms with Gasteiger partial charge in [-0.15, -0.1) is 0 Å². The molecule has 0 saturated carbocycles. The van der Waals surface area contributed by atoms with E-state index in [1.54, 1.807) is 12.1 Å². The van der Waals surface area contributed by atoms with Crippen molar-refractivity contribution in [1.82, 2.24) is 9.62 Å². The lowest BCUT2D eigenvalue weighted by Gasteiger charge is -2.18. The normalized spacial score (nSPS) is 14.6. The number of benzene rings is 1. The summed E-state index contributed by atoms with van der Waals surface area (Å²) in [6.45, 7) is 0.699. The molecule has 1 aliphatic carbocycles. The van der Waals surface area contributed by atoms with Gasteiger partial charge in [-0.3, -0.25) is 4.79 Å². The van der Waals surface area contributed by atoms with E-state index in [-0.39, 0.29) is 11.7 Å². The molecular formula is C16H24N2O4S. The van der Waals surface area contributed by atoms with Crippen molar-refractivity contribution >= 4 is 15.9 Å². The van der Waals surface area contributed by atoms with Gasteiger partial charge in [0, 0.05) is 20.1 Å². The van der Waals surface area contributed by atoms with Crippen molar-refractivity contribution in [3.8, 4) is 5.75 Å². The van der Waals surface area contributed by atoms with Crippen molar-refractivity contribution in [3.63, 3.8) is 0 Å². The van der Waals surface area contributed by atoms with E-state index in [1.807, 2.05) is 0 Å². The average molecular weight is 340 g/mol. The maximum absolute atomic E-state index is 12.2. The summed E-state index contributed by atoms with van der Waals surface area (Å²) in [5, 5.41) is 12.8. The molecule has 0 radical (unpaired) electrons. The Morgan fingerprint density at radius 3 is 2.48 bits per heavy atom. The molecule has 1 amide bonds. The quantitative estimate of drug-likeness (QED) is 0.764. The molecule has 7 heteroatoms. The van der Waals surface area contributed by atoms with E-state index in [1.165, 1.54) is 11.4 Å². The van der Waals surface area contributed by atoms with Crippen LogP contribution in [0.25, 0.3) is 0 Å². The third-order valence-electron chi connectivity index (χ3n) is 4.21. The summed E-state index contributed by atoms with van der Waals surface area (Å²) in [6, 6.07) is 3.47. The fraction of sp³-hybridized carbons (Fsp3) is 0.562. The van der Waals surface area contributed by atoms with Crippen LogP contribution < -0.4 is 5.32 Å². The van der Waals surface area contributed by atoms with E-state index in [0.717, 1.165) is 43.1 Å². The number of phenolic OH excluding ortho intramolecular Hbond substituents is 1. The van der Waals surface area contributed by atoms with Gasteiger partial charge in [0.15, 0.2) is 0 Å². The minimum Gasteiger partial charge on any atom is -0.507 e. The molecule has 1 aromatic rings. The number of carbonyl (C=O) groups excluding carboxylic acids is 1. The van der Waals surface area contributed by atoms with Crippen molar-refractivity contribution in [2.45, 2.75) is 32.1 Å². The summed E-state index contributed by atoms with van der Waals surface area (Å²) in [6.07, 6.45) is 5.78. The van der Waals surface area contributed by atoms with Gasteiger partial charge in [0.05, 0.1) is 11.8 Å². The molecule has 0 aliphatic heterocycles. The van der Waals surface area contributed by atoms with Crippen LogP contribution in [-0.4, -0.2) is 50.1 Å². The van der Waals surface area contributed by atoms with Gasteiger partial charge >= 0.3 is 0 Å². The molecule has 0 saturated heterocycles. The highest BCUT2D eigenvalue weighted by Crippen LogP contribution is 2.28. The van der Waals surface area contributed by atoms with E-state index in [9.17, 15) is 18.3 Å². The Balaban J connectivity index is 1.91. The Morgan fingerprint density at radius 1 is 1.26 bits per heavy atom. The molecule has 1 aliphatic rings. The Morgan fingerprint density at radius 2 is 1.87 bits per heavy atom. The molecule has 0 fully saturated rings. The summed E-state index contributed by atoms with van der Waals surface area (Å²) < 4.78 is 23.8. The molecule has 0 atom stereocenters. The number of aromatic hydroxyl groups is 1. The molecule has 0 spiro atoms. The number of hydrogen-bond donors (Lipinski definition) is 2. The lowest BCUT2D eigenvalue weighted by molar-refractivity contribution is 0.0950. The summed E-state index contributed by atoms with van der Waals surface area (Å²) in [7, 11) is -1.69. The number of nitrogens with zero attached hydrogens (tertiary/aromatic N) is 1. The highest BCUT2D eigenvalue weighted by Gasteiger charge is 2.17. The minimum absolute atomic E-state index is 0.0106. The zero-order valence-electron chi connectivity index (χ0n) is 13.6. The van der Waals surface area contributed by atoms with Crippen LogP contribution in [0.3, 0.4) is 0 Å². The van der Waals surface area contributed by atoms with Gasteiger partial charge in [0.2, 0.25) is 10.0 Å². The summed E-state index contributed by atoms with van der Waals surface area (Å²) >= 11 is 0. The number of sulfonamides is 1. The van der Waals surface area contributed by atoms with Crippen LogP contribution >= 0.6 is 0 Å². The van der Waals surface area contributed by atoms with Gasteiger partial charge in [-0.1, -0.05) is 0 Å². The minimum atomic E-state index is -3.19. The van der Waals surface area contributed by atoms with E-state index >= 15 is 0 Å². The lowest BCUT2D eigenvalue weighted by Crippen LogP contribution is -2.31. The Labute approximate surface area is 137 Å². The third kappa shape index (κ3) is 4.68. The van der Waals surface area contributed by atoms with Crippen LogP contribution in [0.1, 0.15) is 40.7 Å². The first-order valence-corrected chi connectivity index (χ1v) is 9.68. The van der Waals surface area contributed by atoms with Gasteiger partial charge < -0.3 is 10.4 Å². The number of amides is 1. The van der Waals surface area contributed by atoms with Gasteiger partial charge in [0.25, 0.3) is 5.91 Å². The van der Waals surface area contributed by atoms with Crippen LogP contribution in [0.4, 0.5) is 0 Å². The van der Waals surface area contributed by atoms with Gasteiger partial charge in [-0.25, -0.2) is 12.7 Å².